The molecule has 0 aliphatic heterocycles. The van der Waals surface area contributed by atoms with E-state index in [-0.39, 0.29) is 18.2 Å². The maximum Gasteiger partial charge on any atom is 0.255 e. The Kier molecular flexibility index (Phi) is 23.7. The minimum Gasteiger partial charge on any atom is -0.382 e. The van der Waals surface area contributed by atoms with Crippen molar-refractivity contribution < 1.29 is 9.59 Å². The van der Waals surface area contributed by atoms with Crippen molar-refractivity contribution in [2.45, 2.75) is 60.5 Å². The highest BCUT2D eigenvalue weighted by Crippen LogP contribution is 2.38. The first-order valence-electron chi connectivity index (χ1n) is 46.5. The monoisotopic (exact) mass is 1940 g/mol. The van der Waals surface area contributed by atoms with Crippen LogP contribution in [0.1, 0.15) is 58.1 Å². The number of H-pyrrole nitrogens is 8. The normalized spacial score (nSPS) is 11.5. The molecule has 0 saturated heterocycles. The summed E-state index contributed by atoms with van der Waals surface area (Å²) in [5.41, 5.74) is 30.6. The molecule has 0 aliphatic rings. The lowest BCUT2D eigenvalue weighted by Crippen LogP contribution is -2.14. The van der Waals surface area contributed by atoms with Gasteiger partial charge in [0, 0.05) is 149 Å². The Bertz CT molecular complexity index is 9160. The molecule has 11 N–H and O–H groups in total. The van der Waals surface area contributed by atoms with Gasteiger partial charge < -0.3 is 59.1 Å². The topological polar surface area (TPSA) is 529 Å². The summed E-state index contributed by atoms with van der Waals surface area (Å²) in [6.45, 7) is 12.8. The minimum absolute atomic E-state index is 0.111. The third kappa shape index (κ3) is 18.8. The lowest BCUT2D eigenvalue weighted by atomic mass is 10.1. The highest BCUT2D eigenvalue weighted by molar-refractivity contribution is 6.05. The van der Waals surface area contributed by atoms with Crippen LogP contribution < -0.4 is 16.0 Å². The molecule has 0 fully saturated rings. The Morgan fingerprint density at radius 3 is 1.12 bits per heavy atom. The predicted molar refractivity (Wildman–Crippen MR) is 557 cm³/mol. The number of carbonyl (C=O) groups excluding carboxylic acids is 2. The number of hydrogen-bond acceptors (Lipinski definition) is 28. The fraction of sp³-hybridized carbons (Fsp3) is 0.105. The van der Waals surface area contributed by atoms with Crippen LogP contribution in [-0.2, 0) is 17.8 Å². The number of aromatic nitrogens is 36. The van der Waals surface area contributed by atoms with E-state index in [1.807, 2.05) is 195 Å². The number of rotatable bonds is 21. The summed E-state index contributed by atoms with van der Waals surface area (Å²) in [5, 5.41) is 42.5. The molecule has 2 amide bonds. The molecule has 24 aromatic heterocycles. The Labute approximate surface area is 832 Å². The smallest absolute Gasteiger partial charge is 0.255 e. The van der Waals surface area contributed by atoms with Gasteiger partial charge in [-0.1, -0.05) is 48.5 Å². The van der Waals surface area contributed by atoms with Crippen LogP contribution in [0.2, 0.25) is 0 Å². The third-order valence-corrected chi connectivity index (χ3v) is 24.1. The molecule has 0 spiro atoms. The van der Waals surface area contributed by atoms with Gasteiger partial charge in [-0.25, -0.2) is 59.8 Å². The summed E-state index contributed by atoms with van der Waals surface area (Å²) in [6.07, 6.45) is 50.4. The summed E-state index contributed by atoms with van der Waals surface area (Å²) in [4.78, 5) is 131. The number of nitrogens with zero attached hydrogens (tertiary/aromatic N) is 29. The molecule has 718 valence electrons. The molecule has 0 aliphatic carbocycles. The molecule has 24 heterocycles. The second-order valence-electron chi connectivity index (χ2n) is 35.6. The predicted octanol–water partition coefficient (Wildman–Crippen LogP) is 17.1. The standard InChI is InChI=1S/C29H22N10O.C28H20N10O.2C24H22N10/c1-17-15-39(16-33-17)24-14-31-13-23-27(24)36-29(35-23)26-22-9-20(11-32-28(22)38-37-26)19-8-21(12-30-10-19)34-25(40)7-18-5-3-2-4-6-18;1-16-14-38(15-32-16)23-13-30-12-22-25(23)35-27(34-22)24-21-8-19(10-31-26(21)37-36-24)18-7-20(11-29-9-18)33-28(39)17-5-3-2-4-6-17;1-14-11-34(13-28-14)20-10-26-9-19-22(20)30-24(29-19)21-18-5-17(8-27-23(18)32-31-21)16-4-15(6-25-7-16)12-33(2)3;1-13(2)29-17-4-15(6-25-8-17)16-5-18-21(32-33-23(18)27-7-16)24-30-19-9-26-10-20(22(19)31-24)34-11-14(3)28-12-34/h2-6,8-16H,7H2,1H3,(H,34,40)(H,35,36)(H,32,37,38);2-15H,1H3,(H,33,39)(H,34,35)(H,31,36,37);4-11,13H,12H2,1-3H3,(H,29,30)(H,27,31,32);4-13,29H,1-3H3,(H,30,31)(H,27,32,33). The zero-order valence-electron chi connectivity index (χ0n) is 79.8. The fourth-order valence-corrected chi connectivity index (χ4v) is 17.3. The number of benzene rings is 2. The van der Waals surface area contributed by atoms with Crippen molar-refractivity contribution in [3.8, 4) is 113 Å². The number of anilines is 3. The minimum atomic E-state index is -0.204. The second-order valence-corrected chi connectivity index (χ2v) is 35.6. The van der Waals surface area contributed by atoms with E-state index in [9.17, 15) is 9.59 Å². The highest BCUT2D eigenvalue weighted by Gasteiger charge is 2.25. The van der Waals surface area contributed by atoms with E-state index < -0.39 is 0 Å². The van der Waals surface area contributed by atoms with E-state index >= 15 is 0 Å². The molecule has 0 unspecified atom stereocenters. The van der Waals surface area contributed by atoms with Crippen LogP contribution in [0, 0.1) is 27.7 Å². The summed E-state index contributed by atoms with van der Waals surface area (Å²) >= 11 is 0. The zero-order valence-corrected chi connectivity index (χ0v) is 79.8. The van der Waals surface area contributed by atoms with Gasteiger partial charge in [0.15, 0.2) is 45.9 Å². The van der Waals surface area contributed by atoms with Crippen molar-refractivity contribution in [3.05, 3.63) is 323 Å². The molecule has 147 heavy (non-hydrogen) atoms. The van der Waals surface area contributed by atoms with E-state index in [1.54, 1.807) is 124 Å². The van der Waals surface area contributed by atoms with Crippen molar-refractivity contribution in [1.29, 1.82) is 0 Å². The molecular formula is C105H86N40O2. The summed E-state index contributed by atoms with van der Waals surface area (Å²) in [6, 6.07) is 35.0. The number of aromatic amines is 8. The van der Waals surface area contributed by atoms with Gasteiger partial charge in [0.1, 0.15) is 44.8 Å². The van der Waals surface area contributed by atoms with Gasteiger partial charge >= 0.3 is 0 Å². The van der Waals surface area contributed by atoms with E-state index in [2.05, 4.69) is 199 Å². The van der Waals surface area contributed by atoms with Crippen LogP contribution in [0.3, 0.4) is 0 Å². The highest BCUT2D eigenvalue weighted by atomic mass is 16.2. The largest absolute Gasteiger partial charge is 0.382 e. The van der Waals surface area contributed by atoms with Crippen LogP contribution in [0.15, 0.2) is 283 Å². The number of imidazole rings is 8. The SMILES string of the molecule is Cc1cn(-c2cncc3[nH]c(-c4[nH]nc5ncc(-c6cncc(CN(C)C)c6)cc45)nc23)cn1.Cc1cn(-c2cncc3[nH]c(-c4[nH]nc5ncc(-c6cncc(NC(=O)Cc7ccccc7)c6)cc45)nc23)cn1.Cc1cn(-c2cncc3[nH]c(-c4[nH]nc5ncc(-c6cncc(NC(C)C)c6)cc45)nc23)cn1.Cc1cn(-c2cncc3[nH]c(-c4n[nH]c5ncc(-c6cncc(NC(=O)c7ccccc7)c6)cc45)nc23)cn1. The number of fused-ring (bicyclic) bond motifs is 8. The zero-order chi connectivity index (χ0) is 99.9. The van der Waals surface area contributed by atoms with Gasteiger partial charge in [-0.15, -0.1) is 0 Å². The van der Waals surface area contributed by atoms with Gasteiger partial charge in [0.2, 0.25) is 5.91 Å². The first-order valence-corrected chi connectivity index (χ1v) is 46.5. The Morgan fingerprint density at radius 1 is 0.347 bits per heavy atom. The number of hydrogen-bond donors (Lipinski definition) is 11. The first kappa shape index (κ1) is 90.4. The van der Waals surface area contributed by atoms with Crippen molar-refractivity contribution in [3.63, 3.8) is 0 Å². The van der Waals surface area contributed by atoms with Gasteiger partial charge in [-0.2, -0.15) is 20.4 Å². The van der Waals surface area contributed by atoms with Crippen molar-refractivity contribution >= 4 is 117 Å². The van der Waals surface area contributed by atoms with Crippen LogP contribution >= 0.6 is 0 Å². The van der Waals surface area contributed by atoms with Crippen molar-refractivity contribution in [1.82, 2.24) is 184 Å². The number of amides is 2. The Morgan fingerprint density at radius 2 is 0.707 bits per heavy atom. The van der Waals surface area contributed by atoms with Gasteiger partial charge in [0.25, 0.3) is 5.91 Å². The molecule has 0 radical (unpaired) electrons. The van der Waals surface area contributed by atoms with Gasteiger partial charge in [-0.3, -0.25) is 69.9 Å². The molecule has 0 bridgehead atoms. The molecule has 2 aromatic carbocycles. The van der Waals surface area contributed by atoms with Crippen LogP contribution in [0.5, 0.6) is 0 Å². The summed E-state index contributed by atoms with van der Waals surface area (Å²) in [5.74, 6) is 2.22. The van der Waals surface area contributed by atoms with Crippen molar-refractivity contribution in [2.24, 2.45) is 0 Å². The second kappa shape index (κ2) is 38.6. The lowest BCUT2D eigenvalue weighted by Gasteiger charge is -2.10. The van der Waals surface area contributed by atoms with E-state index in [0.717, 1.165) is 190 Å². The fourth-order valence-electron chi connectivity index (χ4n) is 17.3. The van der Waals surface area contributed by atoms with Crippen molar-refractivity contribution in [2.75, 3.05) is 30.0 Å². The summed E-state index contributed by atoms with van der Waals surface area (Å²) in [7, 11) is 4.08. The molecule has 26 rings (SSSR count). The maximum absolute atomic E-state index is 12.6. The van der Waals surface area contributed by atoms with Gasteiger partial charge in [0.05, 0.1) is 200 Å². The molecule has 42 nitrogen and oxygen atoms in total. The molecule has 0 atom stereocenters. The van der Waals surface area contributed by atoms with E-state index in [0.29, 0.717) is 80.3 Å². The number of carbonyl (C=O) groups is 2. The molecule has 42 heteroatoms. The van der Waals surface area contributed by atoms with Crippen LogP contribution in [0.4, 0.5) is 17.1 Å². The Balaban J connectivity index is 0.000000108. The average Bonchev–Trinajstić information content (AvgIpc) is 1.62. The number of aryl methyl sites for hydroxylation is 4. The number of nitrogens with one attached hydrogen (secondary N) is 11. The van der Waals surface area contributed by atoms with Gasteiger partial charge in [-0.05, 0) is 127 Å². The third-order valence-electron chi connectivity index (χ3n) is 24.1. The Hall–Kier alpha value is -20.5. The maximum atomic E-state index is 12.6. The summed E-state index contributed by atoms with van der Waals surface area (Å²) < 4.78 is 7.64. The molecular weight excluding hydrogens is 1850 g/mol. The molecule has 0 saturated carbocycles. The average molecular weight is 1940 g/mol. The van der Waals surface area contributed by atoms with E-state index in [1.165, 1.54) is 0 Å². The van der Waals surface area contributed by atoms with Crippen LogP contribution in [0.25, 0.3) is 202 Å². The first-order chi connectivity index (χ1) is 71.8. The molecule has 26 aromatic rings. The lowest BCUT2D eigenvalue weighted by molar-refractivity contribution is -0.115. The number of pyridine rings is 12. The van der Waals surface area contributed by atoms with Crippen LogP contribution in [-0.4, -0.2) is 216 Å². The quantitative estimate of drug-likeness (QED) is 0.0318. The van der Waals surface area contributed by atoms with E-state index in [4.69, 9.17) is 19.9 Å².